The summed E-state index contributed by atoms with van der Waals surface area (Å²) in [5.41, 5.74) is 3.74. The second-order valence-electron chi connectivity index (χ2n) is 13.6. The number of amides is 2. The lowest BCUT2D eigenvalue weighted by atomic mass is 9.95. The third-order valence-corrected chi connectivity index (χ3v) is 9.72. The van der Waals surface area contributed by atoms with E-state index in [1.165, 1.54) is 17.0 Å². The molecule has 1 aromatic carbocycles. The number of rotatable bonds is 11. The molecule has 6 rings (SSSR count). The van der Waals surface area contributed by atoms with Crippen LogP contribution in [-0.4, -0.2) is 68.1 Å². The minimum atomic E-state index is -0.737. The Morgan fingerprint density at radius 3 is 2.62 bits per heavy atom. The Labute approximate surface area is 281 Å². The van der Waals surface area contributed by atoms with Gasteiger partial charge >= 0.3 is 6.09 Å². The first-order valence-corrected chi connectivity index (χ1v) is 16.9. The molecule has 4 aromatic rings. The molecule has 1 saturated heterocycles. The molecule has 0 bridgehead atoms. The molecule has 254 valence electrons. The third kappa shape index (κ3) is 7.07. The largest absolute Gasteiger partial charge is 0.443 e. The lowest BCUT2D eigenvalue weighted by Gasteiger charge is -2.32. The summed E-state index contributed by atoms with van der Waals surface area (Å²) in [6.07, 6.45) is 8.21. The van der Waals surface area contributed by atoms with Crippen molar-refractivity contribution in [3.05, 3.63) is 77.5 Å². The fraction of sp³-hybridized carbons (Fsp3) is 0.459. The first-order valence-electron chi connectivity index (χ1n) is 16.9. The lowest BCUT2D eigenvalue weighted by molar-refractivity contribution is 0.00835. The molecule has 2 aliphatic rings. The Balaban J connectivity index is 1.29. The summed E-state index contributed by atoms with van der Waals surface area (Å²) < 4.78 is 27.2. The zero-order valence-electron chi connectivity index (χ0n) is 28.5. The van der Waals surface area contributed by atoms with Crippen molar-refractivity contribution < 1.29 is 23.5 Å². The van der Waals surface area contributed by atoms with Gasteiger partial charge in [0.15, 0.2) is 0 Å². The number of hydrogen-bond donors (Lipinski definition) is 1. The molecule has 1 N–H and O–H groups in total. The predicted molar refractivity (Wildman–Crippen MR) is 183 cm³/mol. The number of benzene rings is 1. The molecule has 0 spiro atoms. The van der Waals surface area contributed by atoms with Crippen LogP contribution in [0.5, 0.6) is 0 Å². The number of carbonyl (C=O) groups excluding carboxylic acids is 2. The first-order chi connectivity index (χ1) is 23.0. The molecule has 2 atom stereocenters. The Morgan fingerprint density at radius 2 is 1.90 bits per heavy atom. The number of ether oxygens (including phenoxy) is 2. The van der Waals surface area contributed by atoms with Crippen LogP contribution in [-0.2, 0) is 16.0 Å². The summed E-state index contributed by atoms with van der Waals surface area (Å²) in [5, 5.41) is 3.33. The van der Waals surface area contributed by atoms with E-state index in [2.05, 4.69) is 41.0 Å². The van der Waals surface area contributed by atoms with Crippen molar-refractivity contribution in [3.8, 4) is 11.3 Å². The number of aromatic nitrogens is 3. The molecule has 1 unspecified atom stereocenters. The Bertz CT molecular complexity index is 1780. The minimum Gasteiger partial charge on any atom is -0.443 e. The topological polar surface area (TPSA) is 101 Å². The molecule has 2 aliphatic heterocycles. The summed E-state index contributed by atoms with van der Waals surface area (Å²) in [5.74, 6) is 0.334. The molecule has 0 saturated carbocycles. The van der Waals surface area contributed by atoms with Gasteiger partial charge in [0.25, 0.3) is 5.91 Å². The van der Waals surface area contributed by atoms with Crippen LogP contribution in [0.3, 0.4) is 0 Å². The Hall–Kier alpha value is -4.35. The van der Waals surface area contributed by atoms with Crippen LogP contribution in [0.2, 0.25) is 0 Å². The van der Waals surface area contributed by atoms with E-state index in [1.807, 2.05) is 44.3 Å². The van der Waals surface area contributed by atoms with Crippen molar-refractivity contribution in [2.24, 2.45) is 5.92 Å². The summed E-state index contributed by atoms with van der Waals surface area (Å²) in [6, 6.07) is 10.6. The molecule has 5 heterocycles. The monoisotopic (exact) mass is 656 g/mol. The molecule has 48 heavy (non-hydrogen) atoms. The van der Waals surface area contributed by atoms with Gasteiger partial charge in [-0.15, -0.1) is 0 Å². The van der Waals surface area contributed by atoms with Gasteiger partial charge in [0.05, 0.1) is 42.9 Å². The van der Waals surface area contributed by atoms with Gasteiger partial charge in [-0.05, 0) is 68.9 Å². The number of nitrogens with one attached hydrogen (secondary N) is 1. The van der Waals surface area contributed by atoms with Crippen LogP contribution in [0.15, 0.2) is 55.0 Å². The van der Waals surface area contributed by atoms with Crippen molar-refractivity contribution in [3.63, 3.8) is 0 Å². The Kier molecular flexibility index (Phi) is 9.80. The molecule has 10 nitrogen and oxygen atoms in total. The van der Waals surface area contributed by atoms with Gasteiger partial charge < -0.3 is 14.8 Å². The number of hydrogen-bond acceptors (Lipinski definition) is 8. The van der Waals surface area contributed by atoms with E-state index >= 15 is 0 Å². The predicted octanol–water partition coefficient (Wildman–Crippen LogP) is 7.76. The van der Waals surface area contributed by atoms with Crippen LogP contribution in [0.4, 0.5) is 20.7 Å². The maximum absolute atomic E-state index is 14.1. The van der Waals surface area contributed by atoms with Gasteiger partial charge in [0, 0.05) is 43.2 Å². The number of imidazole rings is 1. The van der Waals surface area contributed by atoms with Crippen LogP contribution in [0.25, 0.3) is 16.9 Å². The number of pyridine rings is 2. The number of imide groups is 1. The molecule has 0 radical (unpaired) electrons. The van der Waals surface area contributed by atoms with E-state index < -0.39 is 23.4 Å². The zero-order chi connectivity index (χ0) is 34.0. The summed E-state index contributed by atoms with van der Waals surface area (Å²) >= 11 is 0. The number of nitrogens with zero attached hydrogens (tertiary/aromatic N) is 5. The normalized spacial score (nSPS) is 16.6. The van der Waals surface area contributed by atoms with Crippen LogP contribution in [0, 0.1) is 11.7 Å². The van der Waals surface area contributed by atoms with Gasteiger partial charge in [-0.25, -0.2) is 24.1 Å². The molecule has 3 aromatic heterocycles. The molecule has 2 amide bonds. The van der Waals surface area contributed by atoms with E-state index in [-0.39, 0.29) is 12.6 Å². The summed E-state index contributed by atoms with van der Waals surface area (Å²) in [4.78, 5) is 40.3. The third-order valence-electron chi connectivity index (χ3n) is 9.72. The van der Waals surface area contributed by atoms with E-state index in [0.717, 1.165) is 51.1 Å². The van der Waals surface area contributed by atoms with E-state index in [9.17, 15) is 14.0 Å². The van der Waals surface area contributed by atoms with Crippen LogP contribution < -0.4 is 5.32 Å². The number of fused-ring (bicyclic) bond motifs is 2. The SMILES string of the molecule is CCC(C)CCCC(C)(C)OC(=O)N1Cc2c(-c3cnc4cc(F)ccn34)ccc(Nc3ccc([C@@H](C)N4CCOCC4)cn3)c2C1=O. The number of carbonyl (C=O) groups is 2. The molecule has 0 aliphatic carbocycles. The van der Waals surface area contributed by atoms with Gasteiger partial charge in [-0.2, -0.15) is 0 Å². The smallest absolute Gasteiger partial charge is 0.417 e. The van der Waals surface area contributed by atoms with Crippen molar-refractivity contribution in [2.45, 2.75) is 78.5 Å². The number of halogens is 1. The van der Waals surface area contributed by atoms with Gasteiger partial charge in [0.2, 0.25) is 0 Å². The average molecular weight is 657 g/mol. The first kappa shape index (κ1) is 33.5. The molecular weight excluding hydrogens is 611 g/mol. The minimum absolute atomic E-state index is 0.0264. The van der Waals surface area contributed by atoms with E-state index in [1.54, 1.807) is 16.8 Å². The highest BCUT2D eigenvalue weighted by atomic mass is 19.1. The van der Waals surface area contributed by atoms with Crippen molar-refractivity contribution in [1.82, 2.24) is 24.2 Å². The van der Waals surface area contributed by atoms with E-state index in [0.29, 0.717) is 51.9 Å². The van der Waals surface area contributed by atoms with Gasteiger partial charge in [-0.1, -0.05) is 38.8 Å². The lowest BCUT2D eigenvalue weighted by Crippen LogP contribution is -2.38. The second-order valence-corrected chi connectivity index (χ2v) is 13.6. The van der Waals surface area contributed by atoms with E-state index in [4.69, 9.17) is 9.47 Å². The number of morpholine rings is 1. The maximum Gasteiger partial charge on any atom is 0.417 e. The maximum atomic E-state index is 14.1. The fourth-order valence-electron chi connectivity index (χ4n) is 6.53. The van der Waals surface area contributed by atoms with Gasteiger partial charge in [0.1, 0.15) is 22.9 Å². The highest BCUT2D eigenvalue weighted by Crippen LogP contribution is 2.39. The standard InChI is InChI=1S/C37H45FN6O4/c1-6-24(2)8-7-14-37(4,5)48-36(46)44-23-29-28(31-22-40-33-20-27(38)13-15-43(31)33)10-11-30(34(29)35(44)45)41-32-12-9-26(21-39-32)25(3)42-16-18-47-19-17-42/h9-13,15,20-22,24-25H,6-8,14,16-19,23H2,1-5H3,(H,39,41)/t24?,25-/m1/s1. The zero-order valence-corrected chi connectivity index (χ0v) is 28.5. The highest BCUT2D eigenvalue weighted by Gasteiger charge is 2.39. The van der Waals surface area contributed by atoms with Crippen LogP contribution in [0.1, 0.15) is 87.8 Å². The van der Waals surface area contributed by atoms with Crippen molar-refractivity contribution in [1.29, 1.82) is 0 Å². The average Bonchev–Trinajstić information content (AvgIpc) is 3.66. The van der Waals surface area contributed by atoms with Crippen LogP contribution >= 0.6 is 0 Å². The molecule has 1 fully saturated rings. The quantitative estimate of drug-likeness (QED) is 0.175. The highest BCUT2D eigenvalue weighted by molar-refractivity contribution is 6.11. The van der Waals surface area contributed by atoms with Gasteiger partial charge in [-0.3, -0.25) is 14.1 Å². The van der Waals surface area contributed by atoms with Crippen molar-refractivity contribution in [2.75, 3.05) is 31.6 Å². The fourth-order valence-corrected chi connectivity index (χ4v) is 6.53. The Morgan fingerprint density at radius 1 is 1.10 bits per heavy atom. The molecule has 11 heteroatoms. The molecular formula is C37H45FN6O4. The summed E-state index contributed by atoms with van der Waals surface area (Å²) in [6.45, 7) is 13.5. The summed E-state index contributed by atoms with van der Waals surface area (Å²) in [7, 11) is 0. The van der Waals surface area contributed by atoms with Crippen molar-refractivity contribution >= 4 is 29.2 Å². The number of anilines is 2. The second kappa shape index (κ2) is 14.0.